The van der Waals surface area contributed by atoms with E-state index in [1.807, 2.05) is 0 Å². The zero-order valence-corrected chi connectivity index (χ0v) is 10.7. The van der Waals surface area contributed by atoms with Crippen LogP contribution >= 0.6 is 0 Å². The first kappa shape index (κ1) is 18.2. The Morgan fingerprint density at radius 2 is 1.71 bits per heavy atom. The molecule has 0 fully saturated rings. The van der Waals surface area contributed by atoms with Crippen molar-refractivity contribution in [3.05, 3.63) is 49.1 Å². The molecule has 0 bridgehead atoms. The second-order valence-corrected chi connectivity index (χ2v) is 2.46. The minimum atomic E-state index is -0.817. The van der Waals surface area contributed by atoms with Crippen molar-refractivity contribution in [2.24, 2.45) is 0 Å². The Morgan fingerprint density at radius 1 is 1.29 bits per heavy atom. The maximum atomic E-state index is 11.5. The molecule has 0 heterocycles. The van der Waals surface area contributed by atoms with Gasteiger partial charge < -0.3 is 16.1 Å². The zero-order chi connectivity index (χ0) is 13.7. The van der Waals surface area contributed by atoms with Gasteiger partial charge in [-0.3, -0.25) is 11.4 Å². The van der Waals surface area contributed by atoms with Crippen LogP contribution in [0.3, 0.4) is 0 Å². The molecule has 0 aliphatic heterocycles. The molecule has 1 rings (SSSR count). The van der Waals surface area contributed by atoms with Crippen molar-refractivity contribution in [2.45, 2.75) is 6.29 Å². The molecule has 0 saturated heterocycles. The van der Waals surface area contributed by atoms with Crippen molar-refractivity contribution in [1.82, 2.24) is 0 Å². The summed E-state index contributed by atoms with van der Waals surface area (Å²) < 4.78 is 17.6. The Balaban J connectivity index is 0. The summed E-state index contributed by atoms with van der Waals surface area (Å²) in [4.78, 5) is 11.5. The predicted molar refractivity (Wildman–Crippen MR) is 58.0 cm³/mol. The van der Waals surface area contributed by atoms with E-state index < -0.39 is 6.29 Å². The fourth-order valence-electron chi connectivity index (χ4n) is 0.998. The van der Waals surface area contributed by atoms with Gasteiger partial charge in [0, 0.05) is 14.2 Å². The third kappa shape index (κ3) is 6.91. The van der Waals surface area contributed by atoms with Crippen molar-refractivity contribution in [3.8, 4) is 0 Å². The molecule has 1 aromatic rings. The van der Waals surface area contributed by atoms with Gasteiger partial charge in [0.2, 0.25) is 6.29 Å². The first-order valence-corrected chi connectivity index (χ1v) is 4.82. The van der Waals surface area contributed by atoms with E-state index in [-0.39, 0.29) is 5.78 Å². The molecule has 0 aromatic heterocycles. The maximum absolute atomic E-state index is 11.5. The van der Waals surface area contributed by atoms with Crippen LogP contribution in [0.2, 0.25) is 0 Å². The monoisotopic (exact) mass is 281 g/mol. The second-order valence-electron chi connectivity index (χ2n) is 2.46. The van der Waals surface area contributed by atoms with Crippen LogP contribution in [-0.4, -0.2) is 26.3 Å². The minimum absolute atomic E-state index is 0.181. The molecule has 0 N–H and O–H groups in total. The number of hydrogen-bond acceptors (Lipinski definition) is 4. The number of ketones is 1. The molecule has 4 nitrogen and oxygen atoms in total. The molecule has 0 amide bonds. The van der Waals surface area contributed by atoms with Gasteiger partial charge in [-0.25, -0.2) is 0 Å². The Hall–Kier alpha value is -1.14. The van der Waals surface area contributed by atoms with Crippen molar-refractivity contribution >= 4 is 5.78 Å². The van der Waals surface area contributed by atoms with E-state index in [4.69, 9.17) is 13.3 Å². The summed E-state index contributed by atoms with van der Waals surface area (Å²) >= 11 is 2.31. The molecular weight excluding hydrogens is 267 g/mol. The number of carbonyl (C=O) groups is 1. The molecule has 0 radical (unpaired) electrons. The van der Waals surface area contributed by atoms with E-state index in [1.165, 1.54) is 14.2 Å². The number of carbonyl (C=O) groups excluding carboxylic acids is 1. The van der Waals surface area contributed by atoms with Gasteiger partial charge in [0.25, 0.3) is 0 Å². The summed E-state index contributed by atoms with van der Waals surface area (Å²) in [7, 11) is 2.86. The Morgan fingerprint density at radius 3 is 2.06 bits per heavy atom. The normalized spacial score (nSPS) is 8.47. The van der Waals surface area contributed by atoms with E-state index in [9.17, 15) is 4.79 Å². The van der Waals surface area contributed by atoms with Crippen LogP contribution < -0.4 is 0 Å². The van der Waals surface area contributed by atoms with Crippen LogP contribution in [0, 0.1) is 12.6 Å². The van der Waals surface area contributed by atoms with Gasteiger partial charge in [-0.05, 0) is 0 Å². The first-order chi connectivity index (χ1) is 8.29. The number of ether oxygens (including phenoxy) is 2. The molecular formula is C12H14CoO4-2. The number of benzene rings is 1. The molecule has 0 spiro atoms. The van der Waals surface area contributed by atoms with Gasteiger partial charge in [0.1, 0.15) is 0 Å². The number of methoxy groups -OCH3 is 2. The first-order valence-electron chi connectivity index (χ1n) is 4.40. The van der Waals surface area contributed by atoms with Gasteiger partial charge in [0.15, 0.2) is 5.78 Å². The summed E-state index contributed by atoms with van der Waals surface area (Å²) in [6.07, 6.45) is -0.817. The van der Waals surface area contributed by atoms with E-state index in [0.717, 1.165) is 0 Å². The van der Waals surface area contributed by atoms with Gasteiger partial charge in [-0.1, -0.05) is 5.56 Å². The second kappa shape index (κ2) is 12.9. The summed E-state index contributed by atoms with van der Waals surface area (Å²) in [6, 6.07) is 9.53. The molecule has 5 heteroatoms. The Labute approximate surface area is 109 Å². The zero-order valence-electron chi connectivity index (χ0n) is 9.64. The van der Waals surface area contributed by atoms with Gasteiger partial charge in [-0.2, -0.15) is 30.3 Å². The van der Waals surface area contributed by atoms with E-state index in [0.29, 0.717) is 5.56 Å². The Bertz CT molecular complexity index is 297. The van der Waals surface area contributed by atoms with Crippen LogP contribution in [0.1, 0.15) is 10.4 Å². The molecule has 0 aliphatic carbocycles. The van der Waals surface area contributed by atoms with Crippen molar-refractivity contribution < 1.29 is 33.8 Å². The molecule has 97 valence electrons. The van der Waals surface area contributed by atoms with Crippen molar-refractivity contribution in [1.29, 1.82) is 0 Å². The SMILES string of the molecule is COC(OC)C(=O)c1cc[c-]cc1.[CH-]=C.[O]=[Co]. The molecule has 0 atom stereocenters. The van der Waals surface area contributed by atoms with Gasteiger partial charge >= 0.3 is 19.5 Å². The average molecular weight is 281 g/mol. The van der Waals surface area contributed by atoms with Crippen LogP contribution in [0.25, 0.3) is 0 Å². The van der Waals surface area contributed by atoms with Gasteiger partial charge in [0.05, 0.1) is 0 Å². The number of rotatable bonds is 4. The molecule has 1 aromatic carbocycles. The average Bonchev–Trinajstić information content (AvgIpc) is 2.45. The van der Waals surface area contributed by atoms with Crippen LogP contribution in [0.4, 0.5) is 0 Å². The molecule has 0 saturated carbocycles. The summed E-state index contributed by atoms with van der Waals surface area (Å²) in [6.45, 7) is 7.00. The van der Waals surface area contributed by atoms with Crippen LogP contribution in [0.5, 0.6) is 0 Å². The topological polar surface area (TPSA) is 52.6 Å². The van der Waals surface area contributed by atoms with Crippen molar-refractivity contribution in [3.63, 3.8) is 0 Å². The summed E-state index contributed by atoms with van der Waals surface area (Å²) in [5, 5.41) is 0. The summed E-state index contributed by atoms with van der Waals surface area (Å²) in [5.41, 5.74) is 0.562. The molecule has 0 unspecified atom stereocenters. The third-order valence-corrected chi connectivity index (χ3v) is 1.64. The van der Waals surface area contributed by atoms with Crippen LogP contribution in [-0.2, 0) is 29.0 Å². The Kier molecular flexibility index (Phi) is 13.9. The van der Waals surface area contributed by atoms with Gasteiger partial charge in [-0.15, -0.1) is 0 Å². The predicted octanol–water partition coefficient (Wildman–Crippen LogP) is 1.77. The molecule has 0 aliphatic rings. The number of Topliss-reactive ketones (excluding diaryl/α,β-unsaturated/α-hetero) is 1. The molecule has 17 heavy (non-hydrogen) atoms. The van der Waals surface area contributed by atoms with E-state index in [2.05, 4.69) is 34.9 Å². The summed E-state index contributed by atoms with van der Waals surface area (Å²) in [5.74, 6) is -0.181. The third-order valence-electron chi connectivity index (χ3n) is 1.64. The van der Waals surface area contributed by atoms with Crippen LogP contribution in [0.15, 0.2) is 30.8 Å². The van der Waals surface area contributed by atoms with Crippen molar-refractivity contribution in [2.75, 3.05) is 14.2 Å². The fourth-order valence-corrected chi connectivity index (χ4v) is 0.998. The quantitative estimate of drug-likeness (QED) is 0.479. The van der Waals surface area contributed by atoms with E-state index >= 15 is 0 Å². The van der Waals surface area contributed by atoms with E-state index in [1.54, 1.807) is 24.3 Å². The fraction of sp³-hybridized carbons (Fsp3) is 0.250. The number of hydrogen-bond donors (Lipinski definition) is 0. The standard InChI is InChI=1S/C10H11O3.C2H3.Co.O/c1-12-10(13-2)9(11)8-6-4-3-5-7-8;1-2;;/h4-7,10H,1-2H3;1H,2H2;;/q2*-1;;.